The van der Waals surface area contributed by atoms with Crippen LogP contribution >= 0.6 is 0 Å². The Bertz CT molecular complexity index is 270. The molecule has 1 heterocycles. The van der Waals surface area contributed by atoms with Crippen molar-refractivity contribution >= 4 is 6.09 Å². The second-order valence-electron chi connectivity index (χ2n) is 5.48. The third kappa shape index (κ3) is 2.86. The maximum Gasteiger partial charge on any atom is 0.410 e. The molecule has 0 radical (unpaired) electrons. The Balaban J connectivity index is 2.71. The molecule has 0 aliphatic carbocycles. The van der Waals surface area contributed by atoms with Crippen molar-refractivity contribution < 1.29 is 19.7 Å². The molecule has 1 aliphatic rings. The highest BCUT2D eigenvalue weighted by molar-refractivity contribution is 5.69. The molecule has 0 aromatic heterocycles. The van der Waals surface area contributed by atoms with Crippen molar-refractivity contribution in [1.29, 1.82) is 0 Å². The molecule has 1 aliphatic heterocycles. The van der Waals surface area contributed by atoms with E-state index >= 15 is 0 Å². The summed E-state index contributed by atoms with van der Waals surface area (Å²) < 4.78 is 5.21. The van der Waals surface area contributed by atoms with Gasteiger partial charge >= 0.3 is 6.09 Å². The van der Waals surface area contributed by atoms with Gasteiger partial charge in [-0.15, -0.1) is 0 Å². The second-order valence-corrected chi connectivity index (χ2v) is 5.48. The lowest BCUT2D eigenvalue weighted by molar-refractivity contribution is -0.0219. The predicted octanol–water partition coefficient (Wildman–Crippen LogP) is 0.739. The molecule has 1 amide bonds. The van der Waals surface area contributed by atoms with Gasteiger partial charge in [0.25, 0.3) is 0 Å². The van der Waals surface area contributed by atoms with Crippen LogP contribution < -0.4 is 0 Å². The summed E-state index contributed by atoms with van der Waals surface area (Å²) in [6.45, 7) is 7.13. The molecular weight excluding hydrogens is 210 g/mol. The first-order valence-corrected chi connectivity index (χ1v) is 5.50. The molecule has 2 N–H and O–H groups in total. The predicted molar refractivity (Wildman–Crippen MR) is 59.1 cm³/mol. The molecule has 0 aromatic rings. The van der Waals surface area contributed by atoms with E-state index in [1.54, 1.807) is 27.7 Å². The van der Waals surface area contributed by atoms with Crippen LogP contribution in [0.3, 0.4) is 0 Å². The number of carbonyl (C=O) groups excluding carboxylic acids is 1. The topological polar surface area (TPSA) is 70.0 Å². The van der Waals surface area contributed by atoms with Gasteiger partial charge in [-0.1, -0.05) is 0 Å². The average Bonchev–Trinajstić information content (AvgIpc) is 2.37. The van der Waals surface area contributed by atoms with E-state index in [1.807, 2.05) is 0 Å². The van der Waals surface area contributed by atoms with Gasteiger partial charge in [0.05, 0.1) is 18.2 Å². The number of amides is 1. The van der Waals surface area contributed by atoms with E-state index in [1.165, 1.54) is 4.90 Å². The summed E-state index contributed by atoms with van der Waals surface area (Å²) in [5.74, 6) is 0. The average molecular weight is 231 g/mol. The van der Waals surface area contributed by atoms with Crippen LogP contribution in [0.4, 0.5) is 4.79 Å². The molecule has 0 saturated carbocycles. The molecule has 0 bridgehead atoms. The number of carbonyl (C=O) groups is 1. The van der Waals surface area contributed by atoms with E-state index < -0.39 is 23.3 Å². The molecule has 0 spiro atoms. The zero-order valence-corrected chi connectivity index (χ0v) is 10.4. The number of hydrogen-bond donors (Lipinski definition) is 2. The van der Waals surface area contributed by atoms with Gasteiger partial charge in [-0.05, 0) is 34.1 Å². The number of ether oxygens (including phenoxy) is 1. The lowest BCUT2D eigenvalue weighted by Crippen LogP contribution is -2.48. The Morgan fingerprint density at radius 2 is 2.12 bits per heavy atom. The summed E-state index contributed by atoms with van der Waals surface area (Å²) >= 11 is 0. The molecule has 94 valence electrons. The van der Waals surface area contributed by atoms with Gasteiger partial charge in [-0.3, -0.25) is 4.90 Å². The molecule has 1 saturated heterocycles. The van der Waals surface area contributed by atoms with Crippen LogP contribution in [0.1, 0.15) is 34.1 Å². The molecule has 0 unspecified atom stereocenters. The second kappa shape index (κ2) is 4.22. The third-order valence-electron chi connectivity index (χ3n) is 2.75. The van der Waals surface area contributed by atoms with E-state index in [0.29, 0.717) is 13.0 Å². The maximum atomic E-state index is 11.8. The standard InChI is InChI=1S/C11H21NO4/c1-10(2,3)16-9(14)12-6-5-11(4,15)8(12)7-13/h8,13,15H,5-7H2,1-4H3/t8-,11-/m0/s1. The molecular formula is C11H21NO4. The van der Waals surface area contributed by atoms with E-state index in [2.05, 4.69) is 0 Å². The van der Waals surface area contributed by atoms with Crippen molar-refractivity contribution in [3.63, 3.8) is 0 Å². The summed E-state index contributed by atoms with van der Waals surface area (Å²) in [5.41, 5.74) is -1.60. The monoisotopic (exact) mass is 231 g/mol. The van der Waals surface area contributed by atoms with Gasteiger partial charge in [0.15, 0.2) is 0 Å². The molecule has 5 heteroatoms. The Kier molecular flexibility index (Phi) is 3.50. The Hall–Kier alpha value is -0.810. The third-order valence-corrected chi connectivity index (χ3v) is 2.75. The van der Waals surface area contributed by atoms with Crippen LogP contribution in [-0.2, 0) is 4.74 Å². The van der Waals surface area contributed by atoms with Gasteiger partial charge in [0.2, 0.25) is 0 Å². The largest absolute Gasteiger partial charge is 0.444 e. The Morgan fingerprint density at radius 1 is 1.56 bits per heavy atom. The number of hydrogen-bond acceptors (Lipinski definition) is 4. The fourth-order valence-corrected chi connectivity index (χ4v) is 1.84. The van der Waals surface area contributed by atoms with Crippen molar-refractivity contribution in [2.45, 2.75) is 51.4 Å². The van der Waals surface area contributed by atoms with Crippen molar-refractivity contribution in [3.05, 3.63) is 0 Å². The zero-order valence-electron chi connectivity index (χ0n) is 10.4. The number of likely N-dealkylation sites (tertiary alicyclic amines) is 1. The highest BCUT2D eigenvalue weighted by atomic mass is 16.6. The Morgan fingerprint density at radius 3 is 2.56 bits per heavy atom. The minimum atomic E-state index is -1.04. The molecule has 1 rings (SSSR count). The van der Waals surface area contributed by atoms with Crippen molar-refractivity contribution in [3.8, 4) is 0 Å². The van der Waals surface area contributed by atoms with Crippen molar-refractivity contribution in [2.75, 3.05) is 13.2 Å². The normalized spacial score (nSPS) is 30.6. The minimum Gasteiger partial charge on any atom is -0.444 e. The summed E-state index contributed by atoms with van der Waals surface area (Å²) in [4.78, 5) is 13.2. The molecule has 2 atom stereocenters. The van der Waals surface area contributed by atoms with Crippen LogP contribution in [0.25, 0.3) is 0 Å². The first-order chi connectivity index (χ1) is 7.17. The van der Waals surface area contributed by atoms with E-state index in [0.717, 1.165) is 0 Å². The fraction of sp³-hybridized carbons (Fsp3) is 0.909. The summed E-state index contributed by atoms with van der Waals surface area (Å²) in [6.07, 6.45) is -0.0263. The molecule has 5 nitrogen and oxygen atoms in total. The minimum absolute atomic E-state index is 0.258. The van der Waals surface area contributed by atoms with E-state index in [4.69, 9.17) is 4.74 Å². The lowest BCUT2D eigenvalue weighted by atomic mass is 9.98. The number of nitrogens with zero attached hydrogens (tertiary/aromatic N) is 1. The van der Waals surface area contributed by atoms with E-state index in [9.17, 15) is 15.0 Å². The number of aliphatic hydroxyl groups excluding tert-OH is 1. The summed E-state index contributed by atoms with van der Waals surface area (Å²) in [5, 5.41) is 19.2. The SMILES string of the molecule is CC(C)(C)OC(=O)N1CC[C@](C)(O)[C@@H]1CO. The van der Waals surface area contributed by atoms with E-state index in [-0.39, 0.29) is 6.61 Å². The van der Waals surface area contributed by atoms with Crippen LogP contribution in [-0.4, -0.2) is 51.6 Å². The van der Waals surface area contributed by atoms with Gasteiger partial charge in [0.1, 0.15) is 5.60 Å². The Labute approximate surface area is 96.0 Å². The highest BCUT2D eigenvalue weighted by Crippen LogP contribution is 2.29. The zero-order chi connectivity index (χ0) is 12.6. The van der Waals surface area contributed by atoms with Crippen LogP contribution in [0.5, 0.6) is 0 Å². The van der Waals surface area contributed by atoms with Crippen LogP contribution in [0.15, 0.2) is 0 Å². The fourth-order valence-electron chi connectivity index (χ4n) is 1.84. The van der Waals surface area contributed by atoms with Crippen LogP contribution in [0, 0.1) is 0 Å². The van der Waals surface area contributed by atoms with Crippen molar-refractivity contribution in [2.24, 2.45) is 0 Å². The highest BCUT2D eigenvalue weighted by Gasteiger charge is 2.45. The lowest BCUT2D eigenvalue weighted by Gasteiger charge is -2.31. The summed E-state index contributed by atoms with van der Waals surface area (Å²) in [6, 6.07) is -0.581. The molecule has 0 aromatic carbocycles. The maximum absolute atomic E-state index is 11.8. The molecule has 1 fully saturated rings. The number of aliphatic hydroxyl groups is 2. The van der Waals surface area contributed by atoms with Gasteiger partial charge in [-0.2, -0.15) is 0 Å². The van der Waals surface area contributed by atoms with Crippen LogP contribution in [0.2, 0.25) is 0 Å². The first kappa shape index (κ1) is 13.3. The van der Waals surface area contributed by atoms with Crippen molar-refractivity contribution in [1.82, 2.24) is 4.90 Å². The molecule has 16 heavy (non-hydrogen) atoms. The smallest absolute Gasteiger partial charge is 0.410 e. The first-order valence-electron chi connectivity index (χ1n) is 5.50. The quantitative estimate of drug-likeness (QED) is 0.698. The van der Waals surface area contributed by atoms with Gasteiger partial charge in [0, 0.05) is 6.54 Å². The number of rotatable bonds is 1. The van der Waals surface area contributed by atoms with Gasteiger partial charge in [-0.25, -0.2) is 4.79 Å². The van der Waals surface area contributed by atoms with Gasteiger partial charge < -0.3 is 14.9 Å². The summed E-state index contributed by atoms with van der Waals surface area (Å²) in [7, 11) is 0.